The van der Waals surface area contributed by atoms with Crippen LogP contribution in [-0.2, 0) is 4.79 Å². The van der Waals surface area contributed by atoms with E-state index in [2.05, 4.69) is 11.0 Å². The average molecular weight is 353 g/mol. The monoisotopic (exact) mass is 353 g/mol. The highest BCUT2D eigenvalue weighted by Gasteiger charge is 2.26. The molecule has 1 aliphatic rings. The fraction of sp³-hybridized carbons (Fsp3) is 0.300. The fourth-order valence-corrected chi connectivity index (χ4v) is 2.99. The van der Waals surface area contributed by atoms with E-state index < -0.39 is 6.10 Å². The highest BCUT2D eigenvalue weighted by atomic mass is 19.1. The number of carbonyl (C=O) groups is 1. The normalized spacial score (nSPS) is 15.3. The number of piperazine rings is 1. The zero-order chi connectivity index (χ0) is 18.5. The molecule has 5 nitrogen and oxygen atoms in total. The quantitative estimate of drug-likeness (QED) is 0.848. The smallest absolute Gasteiger partial charge is 0.263 e. The van der Waals surface area contributed by atoms with Crippen molar-refractivity contribution >= 4 is 11.6 Å². The molecule has 134 valence electrons. The molecule has 6 heteroatoms. The Balaban J connectivity index is 1.55. The zero-order valence-corrected chi connectivity index (χ0v) is 14.6. The Morgan fingerprint density at radius 1 is 1.15 bits per heavy atom. The van der Waals surface area contributed by atoms with Crippen molar-refractivity contribution in [2.24, 2.45) is 0 Å². The molecule has 0 saturated carbocycles. The molecule has 0 aromatic heterocycles. The second-order valence-corrected chi connectivity index (χ2v) is 6.19. The molecule has 26 heavy (non-hydrogen) atoms. The number of benzene rings is 2. The summed E-state index contributed by atoms with van der Waals surface area (Å²) in [6, 6.07) is 15.2. The Hall–Kier alpha value is -3.07. The summed E-state index contributed by atoms with van der Waals surface area (Å²) in [5.74, 6) is 0.176. The Morgan fingerprint density at radius 3 is 2.50 bits per heavy atom. The van der Waals surface area contributed by atoms with Crippen LogP contribution in [0.5, 0.6) is 5.75 Å². The number of anilines is 1. The fourth-order valence-electron chi connectivity index (χ4n) is 2.99. The first kappa shape index (κ1) is 17.7. The predicted octanol–water partition coefficient (Wildman–Crippen LogP) is 2.81. The van der Waals surface area contributed by atoms with Gasteiger partial charge < -0.3 is 14.5 Å². The van der Waals surface area contributed by atoms with E-state index in [-0.39, 0.29) is 11.7 Å². The number of nitriles is 1. The van der Waals surface area contributed by atoms with Crippen molar-refractivity contribution in [2.75, 3.05) is 31.1 Å². The van der Waals surface area contributed by atoms with Crippen molar-refractivity contribution in [1.82, 2.24) is 4.90 Å². The van der Waals surface area contributed by atoms with Gasteiger partial charge in [-0.15, -0.1) is 0 Å². The van der Waals surface area contributed by atoms with Crippen LogP contribution in [0.4, 0.5) is 10.1 Å². The van der Waals surface area contributed by atoms with E-state index in [1.165, 1.54) is 12.1 Å². The van der Waals surface area contributed by atoms with E-state index in [0.717, 1.165) is 5.69 Å². The minimum atomic E-state index is -0.624. The van der Waals surface area contributed by atoms with Crippen LogP contribution in [-0.4, -0.2) is 43.1 Å². The van der Waals surface area contributed by atoms with Crippen LogP contribution < -0.4 is 9.64 Å². The molecule has 1 amide bonds. The van der Waals surface area contributed by atoms with Gasteiger partial charge >= 0.3 is 0 Å². The minimum absolute atomic E-state index is 0.0777. The summed E-state index contributed by atoms with van der Waals surface area (Å²) in [5.41, 5.74) is 1.45. The van der Waals surface area contributed by atoms with Gasteiger partial charge in [-0.05, 0) is 49.4 Å². The van der Waals surface area contributed by atoms with Gasteiger partial charge in [0.2, 0.25) is 0 Å². The first-order chi connectivity index (χ1) is 12.6. The standard InChI is InChI=1S/C20H20FN3O2/c1-15(26-19-4-2-3-16(13-19)14-22)20(25)24-11-9-23(10-12-24)18-7-5-17(21)6-8-18/h2-8,13,15H,9-12H2,1H3. The molecule has 0 radical (unpaired) electrons. The number of halogens is 1. The van der Waals surface area contributed by atoms with Gasteiger partial charge in [0.15, 0.2) is 6.10 Å². The van der Waals surface area contributed by atoms with Crippen molar-refractivity contribution in [1.29, 1.82) is 5.26 Å². The molecule has 0 aliphatic carbocycles. The third kappa shape index (κ3) is 4.12. The molecular formula is C20H20FN3O2. The van der Waals surface area contributed by atoms with E-state index >= 15 is 0 Å². The van der Waals surface area contributed by atoms with Crippen molar-refractivity contribution < 1.29 is 13.9 Å². The molecule has 2 aromatic carbocycles. The molecule has 1 atom stereocenters. The molecule has 1 aliphatic heterocycles. The van der Waals surface area contributed by atoms with Crippen molar-refractivity contribution in [3.05, 3.63) is 59.9 Å². The lowest BCUT2D eigenvalue weighted by molar-refractivity contribution is -0.138. The molecule has 0 spiro atoms. The van der Waals surface area contributed by atoms with Gasteiger partial charge in [-0.1, -0.05) is 6.07 Å². The van der Waals surface area contributed by atoms with Crippen LogP contribution in [0.3, 0.4) is 0 Å². The van der Waals surface area contributed by atoms with E-state index in [1.807, 2.05) is 0 Å². The molecule has 0 N–H and O–H groups in total. The number of hydrogen-bond donors (Lipinski definition) is 0. The lowest BCUT2D eigenvalue weighted by Crippen LogP contribution is -2.52. The minimum Gasteiger partial charge on any atom is -0.481 e. The van der Waals surface area contributed by atoms with Gasteiger partial charge in [-0.25, -0.2) is 4.39 Å². The molecule has 0 bridgehead atoms. The topological polar surface area (TPSA) is 56.6 Å². The largest absolute Gasteiger partial charge is 0.481 e. The Bertz CT molecular complexity index is 809. The molecular weight excluding hydrogens is 333 g/mol. The summed E-state index contributed by atoms with van der Waals surface area (Å²) >= 11 is 0. The number of amides is 1. The highest BCUT2D eigenvalue weighted by molar-refractivity contribution is 5.81. The molecule has 2 aromatic rings. The van der Waals surface area contributed by atoms with E-state index in [9.17, 15) is 9.18 Å². The van der Waals surface area contributed by atoms with Crippen LogP contribution >= 0.6 is 0 Å². The first-order valence-electron chi connectivity index (χ1n) is 8.53. The summed E-state index contributed by atoms with van der Waals surface area (Å²) in [7, 11) is 0. The summed E-state index contributed by atoms with van der Waals surface area (Å²) < 4.78 is 18.7. The number of carbonyl (C=O) groups excluding carboxylic acids is 1. The average Bonchev–Trinajstić information content (AvgIpc) is 2.68. The summed E-state index contributed by atoms with van der Waals surface area (Å²) in [6.45, 7) is 4.26. The third-order valence-corrected chi connectivity index (χ3v) is 4.41. The summed E-state index contributed by atoms with van der Waals surface area (Å²) in [6.07, 6.45) is -0.624. The molecule has 1 saturated heterocycles. The Kier molecular flexibility index (Phi) is 5.37. The Morgan fingerprint density at radius 2 is 1.85 bits per heavy atom. The maximum Gasteiger partial charge on any atom is 0.263 e. The van der Waals surface area contributed by atoms with Gasteiger partial charge in [0, 0.05) is 31.9 Å². The summed E-state index contributed by atoms with van der Waals surface area (Å²) in [5, 5.41) is 8.94. The van der Waals surface area contributed by atoms with Crippen LogP contribution in [0, 0.1) is 17.1 Å². The SMILES string of the molecule is CC(Oc1cccc(C#N)c1)C(=O)N1CCN(c2ccc(F)cc2)CC1. The van der Waals surface area contributed by atoms with E-state index in [4.69, 9.17) is 10.00 Å². The number of hydrogen-bond acceptors (Lipinski definition) is 4. The number of ether oxygens (including phenoxy) is 1. The second kappa shape index (κ2) is 7.87. The van der Waals surface area contributed by atoms with Gasteiger partial charge in [0.1, 0.15) is 11.6 Å². The summed E-state index contributed by atoms with van der Waals surface area (Å²) in [4.78, 5) is 16.5. The second-order valence-electron chi connectivity index (χ2n) is 6.19. The maximum atomic E-state index is 13.0. The molecule has 3 rings (SSSR count). The first-order valence-corrected chi connectivity index (χ1v) is 8.53. The third-order valence-electron chi connectivity index (χ3n) is 4.41. The van der Waals surface area contributed by atoms with Gasteiger partial charge in [-0.2, -0.15) is 5.26 Å². The number of rotatable bonds is 4. The highest BCUT2D eigenvalue weighted by Crippen LogP contribution is 2.19. The van der Waals surface area contributed by atoms with Crippen LogP contribution in [0.15, 0.2) is 48.5 Å². The van der Waals surface area contributed by atoms with Gasteiger partial charge in [0.05, 0.1) is 11.6 Å². The predicted molar refractivity (Wildman–Crippen MR) is 96.4 cm³/mol. The van der Waals surface area contributed by atoms with Gasteiger partial charge in [-0.3, -0.25) is 4.79 Å². The van der Waals surface area contributed by atoms with Crippen LogP contribution in [0.25, 0.3) is 0 Å². The lowest BCUT2D eigenvalue weighted by atomic mass is 10.2. The molecule has 1 unspecified atom stereocenters. The lowest BCUT2D eigenvalue weighted by Gasteiger charge is -2.37. The van der Waals surface area contributed by atoms with E-state index in [0.29, 0.717) is 37.5 Å². The molecule has 1 heterocycles. The van der Waals surface area contributed by atoms with Crippen molar-refractivity contribution in [3.8, 4) is 11.8 Å². The van der Waals surface area contributed by atoms with Crippen LogP contribution in [0.2, 0.25) is 0 Å². The van der Waals surface area contributed by atoms with Crippen LogP contribution in [0.1, 0.15) is 12.5 Å². The van der Waals surface area contributed by atoms with Gasteiger partial charge in [0.25, 0.3) is 5.91 Å². The van der Waals surface area contributed by atoms with E-state index in [1.54, 1.807) is 48.2 Å². The maximum absolute atomic E-state index is 13.0. The van der Waals surface area contributed by atoms with Crippen molar-refractivity contribution in [2.45, 2.75) is 13.0 Å². The molecule has 1 fully saturated rings. The van der Waals surface area contributed by atoms with Crippen molar-refractivity contribution in [3.63, 3.8) is 0 Å². The zero-order valence-electron chi connectivity index (χ0n) is 14.6. The number of nitrogens with zero attached hydrogens (tertiary/aromatic N) is 3. The Labute approximate surface area is 152 Å².